The lowest BCUT2D eigenvalue weighted by Gasteiger charge is -2.13. The van der Waals surface area contributed by atoms with E-state index in [-0.39, 0.29) is 18.0 Å². The van der Waals surface area contributed by atoms with Gasteiger partial charge >= 0.3 is 0 Å². The second-order valence-electron chi connectivity index (χ2n) is 5.20. The first-order chi connectivity index (χ1) is 11.5. The van der Waals surface area contributed by atoms with Crippen molar-refractivity contribution >= 4 is 17.9 Å². The number of hydrogen-bond acceptors (Lipinski definition) is 6. The van der Waals surface area contributed by atoms with Gasteiger partial charge in [-0.1, -0.05) is 11.2 Å². The molecule has 0 aliphatic carbocycles. The second-order valence-corrected chi connectivity index (χ2v) is 5.20. The van der Waals surface area contributed by atoms with Gasteiger partial charge < -0.3 is 9.47 Å². The fraction of sp³-hybridized carbons (Fsp3) is 0.375. The summed E-state index contributed by atoms with van der Waals surface area (Å²) in [5.74, 6) is 1.10. The highest BCUT2D eigenvalue weighted by atomic mass is 16.5. The molecule has 2 aromatic rings. The summed E-state index contributed by atoms with van der Waals surface area (Å²) in [6, 6.07) is 5.45. The fourth-order valence-electron chi connectivity index (χ4n) is 1.89. The molecule has 1 N–H and O–H groups in total. The molecule has 0 unspecified atom stereocenters. The van der Waals surface area contributed by atoms with Crippen molar-refractivity contribution in [3.8, 4) is 11.5 Å². The molecule has 0 atom stereocenters. The molecule has 0 aliphatic rings. The first-order valence-corrected chi connectivity index (χ1v) is 7.63. The van der Waals surface area contributed by atoms with Gasteiger partial charge in [0.2, 0.25) is 0 Å². The first kappa shape index (κ1) is 17.5. The van der Waals surface area contributed by atoms with Crippen molar-refractivity contribution in [3.05, 3.63) is 29.8 Å². The summed E-state index contributed by atoms with van der Waals surface area (Å²) in [4.78, 5) is 13.3. The van der Waals surface area contributed by atoms with Gasteiger partial charge in [0, 0.05) is 6.08 Å². The van der Waals surface area contributed by atoms with Crippen molar-refractivity contribution in [2.75, 3.05) is 12.4 Å². The number of amides is 1. The maximum atomic E-state index is 11.9. The van der Waals surface area contributed by atoms with E-state index in [9.17, 15) is 4.79 Å². The SMILES string of the molecule is CCn1nnc(NC(=O)C=Cc2ccc(OC(C)C)c(OC)c2)n1. The van der Waals surface area contributed by atoms with Gasteiger partial charge in [-0.2, -0.15) is 4.80 Å². The van der Waals surface area contributed by atoms with Gasteiger partial charge in [0.05, 0.1) is 19.8 Å². The Hall–Kier alpha value is -2.90. The van der Waals surface area contributed by atoms with Gasteiger partial charge in [0.25, 0.3) is 11.9 Å². The van der Waals surface area contributed by atoms with Crippen LogP contribution in [0.15, 0.2) is 24.3 Å². The van der Waals surface area contributed by atoms with Crippen LogP contribution >= 0.6 is 0 Å². The Bertz CT molecular complexity index is 724. The Labute approximate surface area is 140 Å². The van der Waals surface area contributed by atoms with Crippen LogP contribution in [0.25, 0.3) is 6.08 Å². The predicted octanol–water partition coefficient (Wildman–Crippen LogP) is 2.14. The molecule has 24 heavy (non-hydrogen) atoms. The minimum Gasteiger partial charge on any atom is -0.493 e. The Balaban J connectivity index is 2.03. The van der Waals surface area contributed by atoms with Crippen molar-refractivity contribution in [1.29, 1.82) is 0 Å². The van der Waals surface area contributed by atoms with Gasteiger partial charge in [-0.05, 0) is 49.8 Å². The number of ether oxygens (including phenoxy) is 2. The molecule has 1 aromatic heterocycles. The molecule has 2 rings (SSSR count). The summed E-state index contributed by atoms with van der Waals surface area (Å²) in [5.41, 5.74) is 0.809. The third kappa shape index (κ3) is 4.80. The fourth-order valence-corrected chi connectivity index (χ4v) is 1.89. The molecule has 0 aliphatic heterocycles. The normalized spacial score (nSPS) is 11.0. The van der Waals surface area contributed by atoms with Crippen LogP contribution in [0.5, 0.6) is 11.5 Å². The van der Waals surface area contributed by atoms with Gasteiger partial charge in [-0.15, -0.1) is 5.10 Å². The summed E-state index contributed by atoms with van der Waals surface area (Å²) < 4.78 is 11.0. The van der Waals surface area contributed by atoms with Crippen LogP contribution in [0.2, 0.25) is 0 Å². The van der Waals surface area contributed by atoms with E-state index in [2.05, 4.69) is 20.7 Å². The number of aryl methyl sites for hydroxylation is 1. The molecule has 8 heteroatoms. The number of nitrogens with one attached hydrogen (secondary N) is 1. The number of anilines is 1. The number of rotatable bonds is 7. The van der Waals surface area contributed by atoms with Gasteiger partial charge in [0.15, 0.2) is 11.5 Å². The van der Waals surface area contributed by atoms with E-state index in [0.29, 0.717) is 18.0 Å². The van der Waals surface area contributed by atoms with Crippen LogP contribution < -0.4 is 14.8 Å². The Morgan fingerprint density at radius 1 is 1.38 bits per heavy atom. The van der Waals surface area contributed by atoms with Crippen LogP contribution in [-0.2, 0) is 11.3 Å². The van der Waals surface area contributed by atoms with Gasteiger partial charge in [0.1, 0.15) is 0 Å². The molecule has 0 bridgehead atoms. The third-order valence-corrected chi connectivity index (χ3v) is 2.95. The molecule has 1 amide bonds. The van der Waals surface area contributed by atoms with E-state index in [4.69, 9.17) is 9.47 Å². The number of aromatic nitrogens is 4. The standard InChI is InChI=1S/C16H21N5O3/c1-5-21-19-16(18-20-21)17-15(22)9-7-12-6-8-13(24-11(2)3)14(10-12)23-4/h6-11H,5H2,1-4H3,(H,17,19,22). The molecule has 8 nitrogen and oxygen atoms in total. The quantitative estimate of drug-likeness (QED) is 0.782. The predicted molar refractivity (Wildman–Crippen MR) is 89.9 cm³/mol. The number of methoxy groups -OCH3 is 1. The number of benzene rings is 1. The third-order valence-electron chi connectivity index (χ3n) is 2.95. The van der Waals surface area contributed by atoms with E-state index in [1.165, 1.54) is 10.9 Å². The van der Waals surface area contributed by atoms with Crippen molar-refractivity contribution in [2.45, 2.75) is 33.4 Å². The largest absolute Gasteiger partial charge is 0.493 e. The number of carbonyl (C=O) groups is 1. The number of nitrogens with zero attached hydrogens (tertiary/aromatic N) is 4. The smallest absolute Gasteiger partial charge is 0.270 e. The summed E-state index contributed by atoms with van der Waals surface area (Å²) in [5, 5.41) is 14.0. The number of tetrazole rings is 1. The molecule has 0 saturated heterocycles. The van der Waals surface area contributed by atoms with E-state index in [1.54, 1.807) is 19.3 Å². The monoisotopic (exact) mass is 331 g/mol. The van der Waals surface area contributed by atoms with Crippen LogP contribution in [0.1, 0.15) is 26.3 Å². The van der Waals surface area contributed by atoms with Crippen LogP contribution in [0, 0.1) is 0 Å². The highest BCUT2D eigenvalue weighted by Crippen LogP contribution is 2.29. The molecule has 0 fully saturated rings. The van der Waals surface area contributed by atoms with E-state index < -0.39 is 0 Å². The van der Waals surface area contributed by atoms with E-state index in [1.807, 2.05) is 32.9 Å². The lowest BCUT2D eigenvalue weighted by atomic mass is 10.2. The van der Waals surface area contributed by atoms with Crippen LogP contribution in [0.3, 0.4) is 0 Å². The maximum absolute atomic E-state index is 11.9. The Kier molecular flexibility index (Phi) is 5.89. The minimum absolute atomic E-state index is 0.0510. The summed E-state index contributed by atoms with van der Waals surface area (Å²) in [6.45, 7) is 6.36. The molecule has 0 saturated carbocycles. The van der Waals surface area contributed by atoms with Gasteiger partial charge in [-0.3, -0.25) is 10.1 Å². The van der Waals surface area contributed by atoms with Crippen LogP contribution in [0.4, 0.5) is 5.95 Å². The highest BCUT2D eigenvalue weighted by molar-refractivity contribution is 6.00. The number of carbonyl (C=O) groups excluding carboxylic acids is 1. The van der Waals surface area contributed by atoms with E-state index in [0.717, 1.165) is 5.56 Å². The minimum atomic E-state index is -0.341. The van der Waals surface area contributed by atoms with Crippen LogP contribution in [-0.4, -0.2) is 39.3 Å². The lowest BCUT2D eigenvalue weighted by molar-refractivity contribution is -0.111. The summed E-state index contributed by atoms with van der Waals surface area (Å²) in [7, 11) is 1.57. The lowest BCUT2D eigenvalue weighted by Crippen LogP contribution is -2.09. The maximum Gasteiger partial charge on any atom is 0.270 e. The number of hydrogen-bond donors (Lipinski definition) is 1. The van der Waals surface area contributed by atoms with E-state index >= 15 is 0 Å². The average molecular weight is 331 g/mol. The zero-order chi connectivity index (χ0) is 17.5. The molecule has 1 aromatic carbocycles. The Morgan fingerprint density at radius 2 is 2.17 bits per heavy atom. The zero-order valence-corrected chi connectivity index (χ0v) is 14.2. The van der Waals surface area contributed by atoms with Crippen molar-refractivity contribution in [2.24, 2.45) is 0 Å². The molecule has 1 heterocycles. The summed E-state index contributed by atoms with van der Waals surface area (Å²) >= 11 is 0. The Morgan fingerprint density at radius 3 is 2.79 bits per heavy atom. The van der Waals surface area contributed by atoms with Crippen molar-refractivity contribution in [3.63, 3.8) is 0 Å². The van der Waals surface area contributed by atoms with Crippen molar-refractivity contribution in [1.82, 2.24) is 20.2 Å². The topological polar surface area (TPSA) is 91.2 Å². The van der Waals surface area contributed by atoms with Crippen molar-refractivity contribution < 1.29 is 14.3 Å². The molecular formula is C16H21N5O3. The second kappa shape index (κ2) is 8.09. The van der Waals surface area contributed by atoms with Gasteiger partial charge in [-0.25, -0.2) is 0 Å². The molecular weight excluding hydrogens is 310 g/mol. The highest BCUT2D eigenvalue weighted by Gasteiger charge is 2.07. The summed E-state index contributed by atoms with van der Waals surface area (Å²) in [6.07, 6.45) is 3.11. The molecule has 128 valence electrons. The zero-order valence-electron chi connectivity index (χ0n) is 14.2. The molecule has 0 spiro atoms. The first-order valence-electron chi connectivity index (χ1n) is 7.63. The molecule has 0 radical (unpaired) electrons. The average Bonchev–Trinajstić information content (AvgIpc) is 3.01.